The third-order valence-electron chi connectivity index (χ3n) is 1.31. The van der Waals surface area contributed by atoms with E-state index in [1.165, 1.54) is 12.8 Å². The predicted molar refractivity (Wildman–Crippen MR) is 50.9 cm³/mol. The lowest BCUT2D eigenvalue weighted by Crippen LogP contribution is -1.89. The molecule has 0 spiro atoms. The molecule has 6 heteroatoms. The maximum absolute atomic E-state index is 5.04. The van der Waals surface area contributed by atoms with Crippen LogP contribution in [0.15, 0.2) is 0 Å². The lowest BCUT2D eigenvalue weighted by molar-refractivity contribution is 0.268. The third-order valence-corrected chi connectivity index (χ3v) is 2.60. The average molecular weight is 235 g/mol. The highest BCUT2D eigenvalue weighted by Gasteiger charge is 2.09. The summed E-state index contributed by atoms with van der Waals surface area (Å²) in [5.41, 5.74) is 0. The van der Waals surface area contributed by atoms with Crippen molar-refractivity contribution in [2.24, 2.45) is 0 Å². The van der Waals surface area contributed by atoms with Gasteiger partial charge in [0.05, 0.1) is 30.3 Å². The fourth-order valence-electron chi connectivity index (χ4n) is 0.718. The van der Waals surface area contributed by atoms with Gasteiger partial charge in [-0.15, -0.1) is 0 Å². The molecular weight excluding hydrogens is 222 g/mol. The van der Waals surface area contributed by atoms with E-state index in [-0.39, 0.29) is 0 Å². The van der Waals surface area contributed by atoms with Crippen molar-refractivity contribution in [1.82, 2.24) is 0 Å². The molecule has 0 amide bonds. The zero-order chi connectivity index (χ0) is 9.23. The first kappa shape index (κ1) is 12.9. The second-order valence-electron chi connectivity index (χ2n) is 2.26. The monoisotopic (exact) mass is 234 g/mol. The molecule has 0 bridgehead atoms. The molecule has 0 saturated carbocycles. The van der Waals surface area contributed by atoms with E-state index in [1.54, 1.807) is 0 Å². The summed E-state index contributed by atoms with van der Waals surface area (Å²) in [5, 5.41) is 0. The third kappa shape index (κ3) is 7.53. The standard InChI is InChI=1S/C6H13Cl2O3P/c1-2-3-4-5-6-9-12(10-7)11-8/h2-6H2,1H3. The molecule has 0 heterocycles. The molecule has 0 fully saturated rings. The highest BCUT2D eigenvalue weighted by Crippen LogP contribution is 2.42. The SMILES string of the molecule is CCCCCCOP(OCl)OCl. The maximum Gasteiger partial charge on any atom is 0.368 e. The summed E-state index contributed by atoms with van der Waals surface area (Å²) in [5.74, 6) is 0. The minimum absolute atomic E-state index is 0.575. The van der Waals surface area contributed by atoms with Gasteiger partial charge in [0.1, 0.15) is 0 Å². The van der Waals surface area contributed by atoms with Crippen molar-refractivity contribution in [3.63, 3.8) is 0 Å². The molecule has 3 nitrogen and oxygen atoms in total. The molecule has 0 saturated heterocycles. The Kier molecular flexibility index (Phi) is 10.7. The second kappa shape index (κ2) is 9.97. The number of halogens is 2. The highest BCUT2D eigenvalue weighted by molar-refractivity contribution is 7.43. The Balaban J connectivity index is 3.06. The molecule has 74 valence electrons. The fourth-order valence-corrected chi connectivity index (χ4v) is 1.59. The van der Waals surface area contributed by atoms with Gasteiger partial charge in [-0.1, -0.05) is 26.2 Å². The van der Waals surface area contributed by atoms with Crippen LogP contribution in [0, 0.1) is 0 Å². The summed E-state index contributed by atoms with van der Waals surface area (Å²) < 4.78 is 13.6. The number of hydrogen-bond acceptors (Lipinski definition) is 3. The van der Waals surface area contributed by atoms with Crippen LogP contribution in [0.3, 0.4) is 0 Å². The van der Waals surface area contributed by atoms with Crippen LogP contribution < -0.4 is 0 Å². The Morgan fingerprint density at radius 1 is 1.08 bits per heavy atom. The zero-order valence-corrected chi connectivity index (χ0v) is 9.37. The van der Waals surface area contributed by atoms with Gasteiger partial charge in [-0.3, -0.25) is 0 Å². The summed E-state index contributed by atoms with van der Waals surface area (Å²) in [6.45, 7) is 2.72. The van der Waals surface area contributed by atoms with E-state index in [1.807, 2.05) is 0 Å². The van der Waals surface area contributed by atoms with Gasteiger partial charge >= 0.3 is 8.60 Å². The van der Waals surface area contributed by atoms with Crippen molar-refractivity contribution in [2.75, 3.05) is 6.61 Å². The topological polar surface area (TPSA) is 27.7 Å². The van der Waals surface area contributed by atoms with E-state index in [4.69, 9.17) is 28.3 Å². The minimum atomic E-state index is -1.55. The summed E-state index contributed by atoms with van der Waals surface area (Å²) in [6, 6.07) is 0. The largest absolute Gasteiger partial charge is 0.368 e. The van der Waals surface area contributed by atoms with Crippen LogP contribution in [0.25, 0.3) is 0 Å². The van der Waals surface area contributed by atoms with Gasteiger partial charge in [-0.25, -0.2) is 0 Å². The van der Waals surface area contributed by atoms with Crippen LogP contribution >= 0.6 is 32.3 Å². The van der Waals surface area contributed by atoms with E-state index in [0.717, 1.165) is 12.8 Å². The molecule has 0 aliphatic rings. The number of rotatable bonds is 8. The van der Waals surface area contributed by atoms with Crippen molar-refractivity contribution < 1.29 is 12.7 Å². The Morgan fingerprint density at radius 3 is 2.25 bits per heavy atom. The van der Waals surface area contributed by atoms with Crippen LogP contribution in [0.2, 0.25) is 0 Å². The molecule has 0 rings (SSSR count). The van der Waals surface area contributed by atoms with Crippen molar-refractivity contribution in [1.29, 1.82) is 0 Å². The molecule has 0 atom stereocenters. The fraction of sp³-hybridized carbons (Fsp3) is 1.00. The minimum Gasteiger partial charge on any atom is -0.310 e. The number of unbranched alkanes of at least 4 members (excludes halogenated alkanes) is 3. The first-order valence-corrected chi connectivity index (χ1v) is 5.56. The molecule has 0 aromatic rings. The van der Waals surface area contributed by atoms with Crippen molar-refractivity contribution in [2.45, 2.75) is 32.6 Å². The number of hydrogen-bond donors (Lipinski definition) is 0. The molecule has 0 radical (unpaired) electrons. The molecule has 0 aliphatic heterocycles. The van der Waals surface area contributed by atoms with Crippen molar-refractivity contribution in [3.05, 3.63) is 0 Å². The van der Waals surface area contributed by atoms with Gasteiger partial charge in [0, 0.05) is 0 Å². The molecule has 0 aromatic carbocycles. The Bertz CT molecular complexity index is 92.9. The van der Waals surface area contributed by atoms with Gasteiger partial charge in [0.25, 0.3) is 0 Å². The van der Waals surface area contributed by atoms with Crippen LogP contribution in [-0.4, -0.2) is 6.61 Å². The van der Waals surface area contributed by atoms with E-state index in [2.05, 4.69) is 15.1 Å². The Hall–Kier alpha value is 0.890. The summed E-state index contributed by atoms with van der Waals surface area (Å²) in [7, 11) is -1.55. The molecule has 0 unspecified atom stereocenters. The lowest BCUT2D eigenvalue weighted by atomic mass is 10.2. The van der Waals surface area contributed by atoms with Crippen LogP contribution in [0.5, 0.6) is 0 Å². The molecular formula is C6H13Cl2O3P. The maximum atomic E-state index is 5.04. The summed E-state index contributed by atoms with van der Waals surface area (Å²) in [4.78, 5) is 0. The van der Waals surface area contributed by atoms with E-state index in [0.29, 0.717) is 6.61 Å². The highest BCUT2D eigenvalue weighted by atomic mass is 35.5. The van der Waals surface area contributed by atoms with Gasteiger partial charge in [0.2, 0.25) is 0 Å². The van der Waals surface area contributed by atoms with Gasteiger partial charge in [-0.2, -0.15) is 8.15 Å². The summed E-state index contributed by atoms with van der Waals surface area (Å²) in [6.07, 6.45) is 4.54. The second-order valence-corrected chi connectivity index (χ2v) is 4.07. The first-order valence-electron chi connectivity index (χ1n) is 3.85. The summed E-state index contributed by atoms with van der Waals surface area (Å²) >= 11 is 10.0. The molecule has 0 aromatic heterocycles. The van der Waals surface area contributed by atoms with Crippen molar-refractivity contribution >= 4 is 32.3 Å². The smallest absolute Gasteiger partial charge is 0.310 e. The lowest BCUT2D eigenvalue weighted by Gasteiger charge is -2.06. The zero-order valence-electron chi connectivity index (χ0n) is 6.96. The quantitative estimate of drug-likeness (QED) is 0.467. The van der Waals surface area contributed by atoms with Crippen molar-refractivity contribution in [3.8, 4) is 0 Å². The molecule has 0 N–H and O–H groups in total. The van der Waals surface area contributed by atoms with Gasteiger partial charge in [0.15, 0.2) is 0 Å². The Morgan fingerprint density at radius 2 is 1.75 bits per heavy atom. The van der Waals surface area contributed by atoms with Crippen LogP contribution in [0.4, 0.5) is 0 Å². The van der Waals surface area contributed by atoms with Gasteiger partial charge in [-0.05, 0) is 6.42 Å². The van der Waals surface area contributed by atoms with Crippen LogP contribution in [-0.2, 0) is 12.7 Å². The molecule has 12 heavy (non-hydrogen) atoms. The van der Waals surface area contributed by atoms with E-state index < -0.39 is 8.60 Å². The predicted octanol–water partition coefficient (Wildman–Crippen LogP) is 4.15. The van der Waals surface area contributed by atoms with E-state index >= 15 is 0 Å². The Labute approximate surface area is 84.6 Å². The average Bonchev–Trinajstić information content (AvgIpc) is 2.11. The van der Waals surface area contributed by atoms with Gasteiger partial charge < -0.3 is 4.52 Å². The molecule has 0 aliphatic carbocycles. The van der Waals surface area contributed by atoms with E-state index in [9.17, 15) is 0 Å². The normalized spacial score (nSPS) is 11.0. The van der Waals surface area contributed by atoms with Crippen LogP contribution in [0.1, 0.15) is 32.6 Å². The first-order chi connectivity index (χ1) is 5.85.